The van der Waals surface area contributed by atoms with Gasteiger partial charge in [-0.25, -0.2) is 0 Å². The lowest BCUT2D eigenvalue weighted by atomic mass is 9.89. The molecular weight excluding hydrogens is 258 g/mol. The Kier molecular flexibility index (Phi) is 2.84. The predicted molar refractivity (Wildman–Crippen MR) is 75.0 cm³/mol. The van der Waals surface area contributed by atoms with Crippen LogP contribution in [0, 0.1) is 0 Å². The first kappa shape index (κ1) is 13.1. The third kappa shape index (κ3) is 1.67. The van der Waals surface area contributed by atoms with Crippen LogP contribution in [0.1, 0.15) is 12.5 Å². The summed E-state index contributed by atoms with van der Waals surface area (Å²) in [6.45, 7) is 1.34. The molecule has 0 bridgehead atoms. The normalized spacial score (nSPS) is 25.3. The summed E-state index contributed by atoms with van der Waals surface area (Å²) in [7, 11) is 1.71. The third-order valence-corrected chi connectivity index (χ3v) is 4.10. The van der Waals surface area contributed by atoms with E-state index < -0.39 is 11.7 Å². The zero-order chi connectivity index (χ0) is 14.5. The van der Waals surface area contributed by atoms with Gasteiger partial charge in [0.05, 0.1) is 17.7 Å². The number of rotatable bonds is 1. The Bertz CT molecular complexity index is 736. The molecule has 20 heavy (non-hydrogen) atoms. The summed E-state index contributed by atoms with van der Waals surface area (Å²) >= 11 is 0. The van der Waals surface area contributed by atoms with E-state index in [4.69, 9.17) is 4.74 Å². The number of ether oxygens (including phenoxy) is 1. The molecule has 1 aromatic heterocycles. The van der Waals surface area contributed by atoms with Gasteiger partial charge >= 0.3 is 0 Å². The molecule has 2 heterocycles. The van der Waals surface area contributed by atoms with Gasteiger partial charge in [0, 0.05) is 18.9 Å². The van der Waals surface area contributed by atoms with E-state index in [1.165, 1.54) is 0 Å². The maximum Gasteiger partial charge on any atom is 0.257 e. The summed E-state index contributed by atoms with van der Waals surface area (Å²) in [4.78, 5) is 12.4. The number of hydrogen-bond donors (Lipinski definition) is 2. The lowest BCUT2D eigenvalue weighted by molar-refractivity contribution is -0.0833. The molecule has 0 saturated heterocycles. The summed E-state index contributed by atoms with van der Waals surface area (Å²) in [5, 5.41) is 20.4. The Labute approximate surface area is 116 Å². The first-order valence-corrected chi connectivity index (χ1v) is 6.56. The summed E-state index contributed by atoms with van der Waals surface area (Å²) in [5.41, 5.74) is -0.0161. The largest absolute Gasteiger partial charge is 0.481 e. The van der Waals surface area contributed by atoms with Gasteiger partial charge in [-0.2, -0.15) is 0 Å². The molecule has 0 unspecified atom stereocenters. The van der Waals surface area contributed by atoms with E-state index in [0.29, 0.717) is 11.3 Å². The molecule has 0 aliphatic carbocycles. The van der Waals surface area contributed by atoms with Crippen LogP contribution in [-0.4, -0.2) is 33.1 Å². The van der Waals surface area contributed by atoms with E-state index in [-0.39, 0.29) is 18.6 Å². The van der Waals surface area contributed by atoms with Crippen molar-refractivity contribution in [3.8, 4) is 5.75 Å². The molecule has 106 valence electrons. The van der Waals surface area contributed by atoms with Gasteiger partial charge in [0.2, 0.25) is 0 Å². The second kappa shape index (κ2) is 4.33. The van der Waals surface area contributed by atoms with Crippen molar-refractivity contribution >= 4 is 10.9 Å². The molecule has 2 aromatic rings. The Balaban J connectivity index is 2.35. The predicted octanol–water partition coefficient (Wildman–Crippen LogP) is 0.585. The van der Waals surface area contributed by atoms with Crippen molar-refractivity contribution in [1.29, 1.82) is 0 Å². The number of aryl methyl sites for hydroxylation is 1. The van der Waals surface area contributed by atoms with Crippen molar-refractivity contribution < 1.29 is 14.9 Å². The van der Waals surface area contributed by atoms with Crippen LogP contribution in [0.5, 0.6) is 5.75 Å². The van der Waals surface area contributed by atoms with Gasteiger partial charge in [-0.05, 0) is 19.1 Å². The van der Waals surface area contributed by atoms with Gasteiger partial charge in [0.1, 0.15) is 11.9 Å². The minimum absolute atomic E-state index is 0.169. The average Bonchev–Trinajstić information content (AvgIpc) is 2.47. The summed E-state index contributed by atoms with van der Waals surface area (Å²) in [5.74, 6) is 0.477. The number of aliphatic hydroxyl groups is 2. The van der Waals surface area contributed by atoms with Gasteiger partial charge in [-0.15, -0.1) is 0 Å². The molecule has 0 radical (unpaired) electrons. The third-order valence-electron chi connectivity index (χ3n) is 4.10. The molecule has 0 fully saturated rings. The highest BCUT2D eigenvalue weighted by Gasteiger charge is 2.41. The Morgan fingerprint density at radius 2 is 2.15 bits per heavy atom. The zero-order valence-corrected chi connectivity index (χ0v) is 11.5. The summed E-state index contributed by atoms with van der Waals surface area (Å²) < 4.78 is 7.38. The van der Waals surface area contributed by atoms with Crippen LogP contribution in [0.2, 0.25) is 0 Å². The maximum absolute atomic E-state index is 12.4. The van der Waals surface area contributed by atoms with Crippen LogP contribution in [-0.2, 0) is 13.5 Å². The van der Waals surface area contributed by atoms with Crippen LogP contribution in [0.15, 0.2) is 29.1 Å². The van der Waals surface area contributed by atoms with Crippen LogP contribution < -0.4 is 10.3 Å². The molecule has 0 spiro atoms. The van der Waals surface area contributed by atoms with Gasteiger partial charge in [-0.1, -0.05) is 12.1 Å². The fourth-order valence-electron chi connectivity index (χ4n) is 2.67. The number of aromatic nitrogens is 1. The number of aliphatic hydroxyl groups excluding tert-OH is 2. The standard InChI is InChI=1S/C15H17NO4/c1-15(8-17)12(18)7-10-13(20-15)9-5-3-4-6-11(9)16(2)14(10)19/h3-6,12,17-18H,7-8H2,1-2H3/t12-,15+/m0/s1. The quantitative estimate of drug-likeness (QED) is 0.799. The average molecular weight is 275 g/mol. The minimum Gasteiger partial charge on any atom is -0.481 e. The topological polar surface area (TPSA) is 71.7 Å². The molecular formula is C15H17NO4. The van der Waals surface area contributed by atoms with E-state index in [0.717, 1.165) is 10.9 Å². The van der Waals surface area contributed by atoms with Gasteiger partial charge in [0.25, 0.3) is 5.56 Å². The monoisotopic (exact) mass is 275 g/mol. The van der Waals surface area contributed by atoms with Crippen molar-refractivity contribution in [2.45, 2.75) is 25.0 Å². The lowest BCUT2D eigenvalue weighted by Crippen LogP contribution is -2.53. The van der Waals surface area contributed by atoms with Crippen molar-refractivity contribution in [2.75, 3.05) is 6.61 Å². The Morgan fingerprint density at radius 3 is 2.85 bits per heavy atom. The Hall–Kier alpha value is -1.85. The second-order valence-electron chi connectivity index (χ2n) is 5.48. The fourth-order valence-corrected chi connectivity index (χ4v) is 2.67. The Morgan fingerprint density at radius 1 is 1.45 bits per heavy atom. The van der Waals surface area contributed by atoms with Gasteiger partial charge < -0.3 is 19.5 Å². The van der Waals surface area contributed by atoms with Crippen LogP contribution in [0.25, 0.3) is 10.9 Å². The molecule has 5 heteroatoms. The van der Waals surface area contributed by atoms with Crippen molar-refractivity contribution in [3.05, 3.63) is 40.2 Å². The summed E-state index contributed by atoms with van der Waals surface area (Å²) in [6, 6.07) is 7.46. The number of pyridine rings is 1. The molecule has 3 rings (SSSR count). The molecule has 0 saturated carbocycles. The lowest BCUT2D eigenvalue weighted by Gasteiger charge is -2.38. The first-order chi connectivity index (χ1) is 9.48. The SMILES string of the molecule is Cn1c(=O)c2c(c3ccccc31)O[C@](C)(CO)[C@@H](O)C2. The minimum atomic E-state index is -1.08. The molecule has 2 N–H and O–H groups in total. The van der Waals surface area contributed by atoms with E-state index in [1.807, 2.05) is 24.3 Å². The number of benzene rings is 1. The van der Waals surface area contributed by atoms with Gasteiger partial charge in [0.15, 0.2) is 5.60 Å². The van der Waals surface area contributed by atoms with Crippen LogP contribution in [0.3, 0.4) is 0 Å². The van der Waals surface area contributed by atoms with E-state index in [2.05, 4.69) is 0 Å². The number of para-hydroxylation sites is 1. The van der Waals surface area contributed by atoms with Gasteiger partial charge in [-0.3, -0.25) is 4.79 Å². The highest BCUT2D eigenvalue weighted by atomic mass is 16.5. The van der Waals surface area contributed by atoms with E-state index >= 15 is 0 Å². The molecule has 0 amide bonds. The van der Waals surface area contributed by atoms with Crippen molar-refractivity contribution in [2.24, 2.45) is 7.05 Å². The molecule has 5 nitrogen and oxygen atoms in total. The molecule has 1 aliphatic rings. The first-order valence-electron chi connectivity index (χ1n) is 6.56. The molecule has 1 aliphatic heterocycles. The molecule has 1 aromatic carbocycles. The van der Waals surface area contributed by atoms with E-state index in [9.17, 15) is 15.0 Å². The fraction of sp³-hybridized carbons (Fsp3) is 0.400. The van der Waals surface area contributed by atoms with Crippen molar-refractivity contribution in [1.82, 2.24) is 4.57 Å². The smallest absolute Gasteiger partial charge is 0.257 e. The van der Waals surface area contributed by atoms with Crippen LogP contribution >= 0.6 is 0 Å². The van der Waals surface area contributed by atoms with Crippen molar-refractivity contribution in [3.63, 3.8) is 0 Å². The second-order valence-corrected chi connectivity index (χ2v) is 5.48. The number of fused-ring (bicyclic) bond motifs is 3. The maximum atomic E-state index is 12.4. The van der Waals surface area contributed by atoms with Crippen LogP contribution in [0.4, 0.5) is 0 Å². The summed E-state index contributed by atoms with van der Waals surface area (Å²) in [6.07, 6.45) is -0.724. The zero-order valence-electron chi connectivity index (χ0n) is 11.5. The van der Waals surface area contributed by atoms with E-state index in [1.54, 1.807) is 18.5 Å². The number of nitrogens with zero attached hydrogens (tertiary/aromatic N) is 1. The molecule has 2 atom stereocenters. The highest BCUT2D eigenvalue weighted by Crippen LogP contribution is 2.36. The number of hydrogen-bond acceptors (Lipinski definition) is 4. The highest BCUT2D eigenvalue weighted by molar-refractivity contribution is 5.87.